The summed E-state index contributed by atoms with van der Waals surface area (Å²) in [5.74, 6) is -1.47. The van der Waals surface area contributed by atoms with Crippen molar-refractivity contribution >= 4 is 38.9 Å². The molecule has 7 nitrogen and oxygen atoms in total. The lowest BCUT2D eigenvalue weighted by atomic mass is 10.1. The van der Waals surface area contributed by atoms with E-state index in [1.807, 2.05) is 17.5 Å². The van der Waals surface area contributed by atoms with Crippen LogP contribution in [-0.2, 0) is 21.2 Å². The van der Waals surface area contributed by atoms with Gasteiger partial charge in [-0.3, -0.25) is 19.3 Å². The molecule has 1 fully saturated rings. The fourth-order valence-electron chi connectivity index (χ4n) is 3.62. The highest BCUT2D eigenvalue weighted by Crippen LogP contribution is 2.25. The van der Waals surface area contributed by atoms with Crippen LogP contribution >= 0.6 is 11.3 Å². The third-order valence-electron chi connectivity index (χ3n) is 5.05. The second kappa shape index (κ2) is 7.14. The van der Waals surface area contributed by atoms with Crippen molar-refractivity contribution in [3.8, 4) is 0 Å². The zero-order chi connectivity index (χ0) is 19.9. The van der Waals surface area contributed by atoms with E-state index in [0.717, 1.165) is 9.78 Å². The summed E-state index contributed by atoms with van der Waals surface area (Å²) in [4.78, 5) is 41.5. The highest BCUT2D eigenvalue weighted by molar-refractivity contribution is 7.91. The second-order valence-electron chi connectivity index (χ2n) is 6.90. The van der Waals surface area contributed by atoms with Gasteiger partial charge in [-0.05, 0) is 30.0 Å². The van der Waals surface area contributed by atoms with Gasteiger partial charge >= 0.3 is 0 Å². The standard InChI is InChI=1S/C19H18N2O5S2/c22-17(11-21-18(23)15-5-1-2-6-16(15)19(21)24)20(10-14-4-3-8-27-14)13-7-9-28(25,26)12-13/h1-6,8,13H,7,9-12H2. The molecule has 2 aromatic rings. The van der Waals surface area contributed by atoms with Crippen molar-refractivity contribution in [1.29, 1.82) is 0 Å². The molecule has 1 saturated heterocycles. The molecule has 28 heavy (non-hydrogen) atoms. The molecule has 0 spiro atoms. The maximum atomic E-state index is 13.1. The minimum atomic E-state index is -3.18. The van der Waals surface area contributed by atoms with Gasteiger partial charge in [-0.1, -0.05) is 18.2 Å². The number of carbonyl (C=O) groups excluding carboxylic acids is 3. The molecular weight excluding hydrogens is 400 g/mol. The van der Waals surface area contributed by atoms with E-state index in [-0.39, 0.29) is 29.2 Å². The molecule has 3 amide bonds. The van der Waals surface area contributed by atoms with Gasteiger partial charge in [0.05, 0.1) is 29.2 Å². The Morgan fingerprint density at radius 3 is 2.32 bits per heavy atom. The number of sulfone groups is 1. The molecule has 4 rings (SSSR count). The normalized spacial score (nSPS) is 20.4. The molecule has 0 bridgehead atoms. The lowest BCUT2D eigenvalue weighted by molar-refractivity contribution is -0.134. The molecule has 3 heterocycles. The van der Waals surface area contributed by atoms with Gasteiger partial charge in [0, 0.05) is 10.9 Å². The number of nitrogens with zero attached hydrogens (tertiary/aromatic N) is 2. The highest BCUT2D eigenvalue weighted by atomic mass is 32.2. The summed E-state index contributed by atoms with van der Waals surface area (Å²) in [5.41, 5.74) is 0.571. The molecule has 146 valence electrons. The number of rotatable bonds is 5. The third-order valence-corrected chi connectivity index (χ3v) is 7.66. The maximum Gasteiger partial charge on any atom is 0.262 e. The molecule has 1 aromatic heterocycles. The summed E-state index contributed by atoms with van der Waals surface area (Å²) in [7, 11) is -3.18. The third kappa shape index (κ3) is 3.47. The minimum absolute atomic E-state index is 0.0406. The quantitative estimate of drug-likeness (QED) is 0.687. The fraction of sp³-hybridized carbons (Fsp3) is 0.316. The first-order valence-electron chi connectivity index (χ1n) is 8.83. The molecule has 2 aliphatic rings. The zero-order valence-electron chi connectivity index (χ0n) is 14.9. The molecule has 0 aliphatic carbocycles. The molecule has 0 radical (unpaired) electrons. The summed E-state index contributed by atoms with van der Waals surface area (Å²) < 4.78 is 23.8. The van der Waals surface area contributed by atoms with Crippen LogP contribution in [0, 0.1) is 0 Å². The van der Waals surface area contributed by atoms with E-state index in [4.69, 9.17) is 0 Å². The Kier molecular flexibility index (Phi) is 4.80. The summed E-state index contributed by atoms with van der Waals surface area (Å²) in [6, 6.07) is 9.74. The maximum absolute atomic E-state index is 13.1. The van der Waals surface area contributed by atoms with Crippen molar-refractivity contribution in [2.45, 2.75) is 19.0 Å². The van der Waals surface area contributed by atoms with Gasteiger partial charge in [0.25, 0.3) is 11.8 Å². The lowest BCUT2D eigenvalue weighted by Gasteiger charge is -2.29. The first-order valence-corrected chi connectivity index (χ1v) is 11.5. The van der Waals surface area contributed by atoms with E-state index in [1.54, 1.807) is 24.3 Å². The van der Waals surface area contributed by atoms with Crippen molar-refractivity contribution in [3.05, 3.63) is 57.8 Å². The Balaban J connectivity index is 1.56. The number of benzene rings is 1. The first-order chi connectivity index (χ1) is 13.4. The summed E-state index contributed by atoms with van der Waals surface area (Å²) in [5, 5.41) is 1.88. The molecule has 9 heteroatoms. The molecule has 1 atom stereocenters. The van der Waals surface area contributed by atoms with Crippen molar-refractivity contribution < 1.29 is 22.8 Å². The Labute approximate surface area is 166 Å². The molecule has 0 N–H and O–H groups in total. The summed E-state index contributed by atoms with van der Waals surface area (Å²) in [6.07, 6.45) is 0.363. The predicted molar refractivity (Wildman–Crippen MR) is 104 cm³/mol. The van der Waals surface area contributed by atoms with Gasteiger partial charge in [0.15, 0.2) is 9.84 Å². The van der Waals surface area contributed by atoms with Gasteiger partial charge in [0.1, 0.15) is 6.54 Å². The lowest BCUT2D eigenvalue weighted by Crippen LogP contribution is -2.47. The van der Waals surface area contributed by atoms with Crippen LogP contribution in [0.1, 0.15) is 32.0 Å². The number of imide groups is 1. The molecule has 0 saturated carbocycles. The summed E-state index contributed by atoms with van der Waals surface area (Å²) in [6.45, 7) is -0.131. The highest BCUT2D eigenvalue weighted by Gasteiger charge is 2.40. The van der Waals surface area contributed by atoms with Crippen molar-refractivity contribution in [1.82, 2.24) is 9.80 Å². The van der Waals surface area contributed by atoms with E-state index >= 15 is 0 Å². The number of hydrogen-bond donors (Lipinski definition) is 0. The van der Waals surface area contributed by atoms with Crippen LogP contribution in [0.5, 0.6) is 0 Å². The van der Waals surface area contributed by atoms with Gasteiger partial charge in [-0.2, -0.15) is 0 Å². The number of fused-ring (bicyclic) bond motifs is 1. The van der Waals surface area contributed by atoms with Crippen LogP contribution in [0.4, 0.5) is 0 Å². The van der Waals surface area contributed by atoms with Gasteiger partial charge in [-0.15, -0.1) is 11.3 Å². The average molecular weight is 418 g/mol. The van der Waals surface area contributed by atoms with Crippen molar-refractivity contribution in [3.63, 3.8) is 0 Å². The van der Waals surface area contributed by atoms with E-state index in [0.29, 0.717) is 6.42 Å². The largest absolute Gasteiger partial charge is 0.332 e. The van der Waals surface area contributed by atoms with E-state index in [2.05, 4.69) is 0 Å². The molecular formula is C19H18N2O5S2. The topological polar surface area (TPSA) is 91.8 Å². The smallest absolute Gasteiger partial charge is 0.262 e. The van der Waals surface area contributed by atoms with E-state index < -0.39 is 40.1 Å². The Morgan fingerprint density at radius 2 is 1.79 bits per heavy atom. The number of amides is 3. The average Bonchev–Trinajstić information content (AvgIpc) is 3.36. The van der Waals surface area contributed by atoms with Crippen molar-refractivity contribution in [2.24, 2.45) is 0 Å². The van der Waals surface area contributed by atoms with Crippen LogP contribution in [0.2, 0.25) is 0 Å². The number of carbonyl (C=O) groups is 3. The predicted octanol–water partition coefficient (Wildman–Crippen LogP) is 1.56. The molecule has 2 aliphatic heterocycles. The Bertz CT molecular complexity index is 1010. The Hall–Kier alpha value is -2.52. The monoisotopic (exact) mass is 418 g/mol. The Morgan fingerprint density at radius 1 is 1.11 bits per heavy atom. The molecule has 1 aromatic carbocycles. The molecule has 1 unspecified atom stereocenters. The van der Waals surface area contributed by atoms with Gasteiger partial charge in [-0.25, -0.2) is 8.42 Å². The van der Waals surface area contributed by atoms with Gasteiger partial charge < -0.3 is 4.90 Å². The van der Waals surface area contributed by atoms with E-state index in [1.165, 1.54) is 16.2 Å². The van der Waals surface area contributed by atoms with E-state index in [9.17, 15) is 22.8 Å². The summed E-state index contributed by atoms with van der Waals surface area (Å²) >= 11 is 1.47. The fourth-order valence-corrected chi connectivity index (χ4v) is 6.05. The minimum Gasteiger partial charge on any atom is -0.332 e. The van der Waals surface area contributed by atoms with Crippen LogP contribution in [0.15, 0.2) is 41.8 Å². The first kappa shape index (κ1) is 18.8. The van der Waals surface area contributed by atoms with Crippen LogP contribution in [0.3, 0.4) is 0 Å². The van der Waals surface area contributed by atoms with Crippen LogP contribution in [0.25, 0.3) is 0 Å². The number of hydrogen-bond acceptors (Lipinski definition) is 6. The van der Waals surface area contributed by atoms with Crippen LogP contribution in [-0.4, -0.2) is 60.0 Å². The second-order valence-corrected chi connectivity index (χ2v) is 10.2. The zero-order valence-corrected chi connectivity index (χ0v) is 16.5. The SMILES string of the molecule is O=C1c2ccccc2C(=O)N1CC(=O)N(Cc1cccs1)C1CCS(=O)(=O)C1. The van der Waals surface area contributed by atoms with Crippen molar-refractivity contribution in [2.75, 3.05) is 18.1 Å². The number of thiophene rings is 1. The van der Waals surface area contributed by atoms with Crippen LogP contribution < -0.4 is 0 Å². The van der Waals surface area contributed by atoms with Gasteiger partial charge in [0.2, 0.25) is 5.91 Å².